The molecule has 11 nitrogen and oxygen atoms in total. The highest BCUT2D eigenvalue weighted by Crippen LogP contribution is 2.40. The second-order valence-electron chi connectivity index (χ2n) is 14.7. The third-order valence-electron chi connectivity index (χ3n) is 10.7. The Morgan fingerprint density at radius 3 is 2.24 bits per heavy atom. The van der Waals surface area contributed by atoms with E-state index in [-0.39, 0.29) is 30.6 Å². The number of rotatable bonds is 14. The lowest BCUT2D eigenvalue weighted by Crippen LogP contribution is -2.48. The molecule has 0 aromatic heterocycles. The number of nitrogen functional groups attached to an aromatic ring is 1. The van der Waals surface area contributed by atoms with Gasteiger partial charge in [0, 0.05) is 63.8 Å². The van der Waals surface area contributed by atoms with Crippen molar-refractivity contribution in [1.82, 2.24) is 10.2 Å². The molecule has 3 saturated heterocycles. The number of piperidine rings is 1. The van der Waals surface area contributed by atoms with Crippen molar-refractivity contribution in [3.8, 4) is 11.1 Å². The first kappa shape index (κ1) is 38.6. The van der Waals surface area contributed by atoms with Gasteiger partial charge in [-0.25, -0.2) is 0 Å². The van der Waals surface area contributed by atoms with E-state index in [9.17, 15) is 14.7 Å². The number of hydrogen-bond donors (Lipinski definition) is 4. The molecule has 7 rings (SSSR count). The van der Waals surface area contributed by atoms with Crippen molar-refractivity contribution in [2.75, 3.05) is 43.9 Å². The Kier molecular flexibility index (Phi) is 12.9. The number of nitrogens with zero attached hydrogens (tertiary/aromatic N) is 1. The molecule has 3 aliphatic heterocycles. The largest absolute Gasteiger partial charge is 0.397 e. The van der Waals surface area contributed by atoms with Crippen LogP contribution in [0.2, 0.25) is 0 Å². The molecular weight excluding hydrogens is 697 g/mol. The molecule has 11 heteroatoms. The highest BCUT2D eigenvalue weighted by atomic mass is 16.7. The van der Waals surface area contributed by atoms with Gasteiger partial charge in [-0.3, -0.25) is 9.59 Å². The van der Waals surface area contributed by atoms with Gasteiger partial charge in [0.25, 0.3) is 0 Å². The summed E-state index contributed by atoms with van der Waals surface area (Å²) in [4.78, 5) is 27.4. The van der Waals surface area contributed by atoms with Gasteiger partial charge in [0.1, 0.15) is 0 Å². The van der Waals surface area contributed by atoms with Gasteiger partial charge in [-0.1, -0.05) is 72.8 Å². The van der Waals surface area contributed by atoms with Gasteiger partial charge in [-0.2, -0.15) is 0 Å². The molecule has 0 radical (unpaired) electrons. The summed E-state index contributed by atoms with van der Waals surface area (Å²) in [5.74, 6) is -0.586. The van der Waals surface area contributed by atoms with Crippen LogP contribution in [-0.2, 0) is 41.7 Å². The summed E-state index contributed by atoms with van der Waals surface area (Å²) in [6, 6.07) is 31.6. The Morgan fingerprint density at radius 2 is 1.49 bits per heavy atom. The number of para-hydroxylation sites is 2. The van der Waals surface area contributed by atoms with Crippen LogP contribution in [0.3, 0.4) is 0 Å². The Labute approximate surface area is 323 Å². The minimum atomic E-state index is -0.566. The number of anilines is 2. The number of carbonyl (C=O) groups is 2. The van der Waals surface area contributed by atoms with E-state index < -0.39 is 12.1 Å². The lowest BCUT2D eigenvalue weighted by Gasteiger charge is -2.41. The van der Waals surface area contributed by atoms with E-state index in [0.717, 1.165) is 72.3 Å². The van der Waals surface area contributed by atoms with Crippen molar-refractivity contribution < 1.29 is 33.6 Å². The predicted molar refractivity (Wildman–Crippen MR) is 210 cm³/mol. The monoisotopic (exact) mass is 748 g/mol. The number of likely N-dealkylation sites (tertiary alicyclic amines) is 1. The third-order valence-corrected chi connectivity index (χ3v) is 10.7. The number of ether oxygens (including phenoxy) is 4. The Balaban J connectivity index is 0.949. The fourth-order valence-electron chi connectivity index (χ4n) is 7.59. The quantitative estimate of drug-likeness (QED) is 0.0826. The molecule has 3 fully saturated rings. The summed E-state index contributed by atoms with van der Waals surface area (Å²) in [5.41, 5.74) is 12.9. The number of nitrogens with two attached hydrogens (primary N) is 1. The number of aliphatic hydroxyl groups excluding tert-OH is 1. The third kappa shape index (κ3) is 10.4. The summed E-state index contributed by atoms with van der Waals surface area (Å²) >= 11 is 0. The van der Waals surface area contributed by atoms with Crippen LogP contribution in [0.15, 0.2) is 97.1 Å². The van der Waals surface area contributed by atoms with Gasteiger partial charge < -0.3 is 45.3 Å². The molecule has 2 amide bonds. The predicted octanol–water partition coefficient (Wildman–Crippen LogP) is 6.63. The van der Waals surface area contributed by atoms with E-state index in [4.69, 9.17) is 24.7 Å². The molecule has 3 unspecified atom stereocenters. The molecule has 1 spiro atoms. The number of carbonyl (C=O) groups excluding carboxylic acids is 2. The van der Waals surface area contributed by atoms with E-state index in [1.807, 2.05) is 60.7 Å². The average molecular weight is 749 g/mol. The molecule has 0 saturated carbocycles. The van der Waals surface area contributed by atoms with Crippen molar-refractivity contribution in [3.63, 3.8) is 0 Å². The topological polar surface area (TPSA) is 145 Å². The van der Waals surface area contributed by atoms with E-state index in [1.165, 1.54) is 0 Å². The molecule has 3 atom stereocenters. The molecule has 55 heavy (non-hydrogen) atoms. The maximum Gasteiger partial charge on any atom is 0.224 e. The lowest BCUT2D eigenvalue weighted by atomic mass is 9.97. The van der Waals surface area contributed by atoms with Crippen LogP contribution in [0.25, 0.3) is 11.1 Å². The highest BCUT2D eigenvalue weighted by Gasteiger charge is 2.41. The molecule has 4 aromatic carbocycles. The number of amides is 2. The molecule has 3 heterocycles. The van der Waals surface area contributed by atoms with Gasteiger partial charge in [-0.15, -0.1) is 0 Å². The smallest absolute Gasteiger partial charge is 0.224 e. The van der Waals surface area contributed by atoms with E-state index in [1.54, 1.807) is 12.1 Å². The van der Waals surface area contributed by atoms with Crippen molar-refractivity contribution in [2.45, 2.75) is 82.4 Å². The SMILES string of the molecule is Nc1ccccc1NC(=O)CCCCC(=O)NCc1cccc(-c2cccc(C3OC(CN4CCC5(CC4)OCCO5)CC(c4ccc(CO)cc4)O3)c2)c1. The van der Waals surface area contributed by atoms with Crippen LogP contribution in [-0.4, -0.2) is 66.6 Å². The molecule has 290 valence electrons. The summed E-state index contributed by atoms with van der Waals surface area (Å²) in [7, 11) is 0. The van der Waals surface area contributed by atoms with Crippen LogP contribution in [0.4, 0.5) is 11.4 Å². The zero-order chi connectivity index (χ0) is 38.0. The van der Waals surface area contributed by atoms with Gasteiger partial charge >= 0.3 is 0 Å². The first-order chi connectivity index (χ1) is 26.8. The second kappa shape index (κ2) is 18.3. The van der Waals surface area contributed by atoms with Crippen molar-refractivity contribution in [2.24, 2.45) is 0 Å². The fraction of sp³-hybridized carbons (Fsp3) is 0.409. The van der Waals surface area contributed by atoms with E-state index >= 15 is 0 Å². The Hall–Kier alpha value is -4.62. The molecule has 5 N–H and O–H groups in total. The van der Waals surface area contributed by atoms with Crippen molar-refractivity contribution >= 4 is 23.2 Å². The molecule has 3 aliphatic rings. The van der Waals surface area contributed by atoms with Crippen LogP contribution in [0.1, 0.15) is 79.6 Å². The molecule has 4 aromatic rings. The number of unbranched alkanes of at least 4 members (excludes halogenated alkanes) is 1. The highest BCUT2D eigenvalue weighted by molar-refractivity contribution is 5.93. The number of benzene rings is 4. The van der Waals surface area contributed by atoms with Crippen molar-refractivity contribution in [1.29, 1.82) is 0 Å². The summed E-state index contributed by atoms with van der Waals surface area (Å²) < 4.78 is 25.3. The number of aliphatic hydroxyl groups is 1. The summed E-state index contributed by atoms with van der Waals surface area (Å²) in [5, 5.41) is 15.5. The Morgan fingerprint density at radius 1 is 0.782 bits per heavy atom. The van der Waals surface area contributed by atoms with E-state index in [0.29, 0.717) is 56.8 Å². The molecular formula is C44H52N4O7. The fourth-order valence-corrected chi connectivity index (χ4v) is 7.59. The van der Waals surface area contributed by atoms with Gasteiger partial charge in [0.05, 0.1) is 43.4 Å². The van der Waals surface area contributed by atoms with Crippen molar-refractivity contribution in [3.05, 3.63) is 119 Å². The summed E-state index contributed by atoms with van der Waals surface area (Å²) in [6.45, 7) is 4.29. The van der Waals surface area contributed by atoms with E-state index in [2.05, 4.69) is 39.8 Å². The maximum atomic E-state index is 12.7. The molecule has 0 aliphatic carbocycles. The van der Waals surface area contributed by atoms with Crippen LogP contribution >= 0.6 is 0 Å². The second-order valence-corrected chi connectivity index (χ2v) is 14.7. The normalized spacial score (nSPS) is 21.0. The zero-order valence-corrected chi connectivity index (χ0v) is 31.3. The lowest BCUT2D eigenvalue weighted by molar-refractivity contribution is -0.255. The first-order valence-corrected chi connectivity index (χ1v) is 19.5. The van der Waals surface area contributed by atoms with Crippen LogP contribution in [0, 0.1) is 0 Å². The van der Waals surface area contributed by atoms with Crippen LogP contribution < -0.4 is 16.4 Å². The Bertz CT molecular complexity index is 1890. The number of nitrogens with one attached hydrogen (secondary N) is 2. The van der Waals surface area contributed by atoms with Gasteiger partial charge in [0.15, 0.2) is 12.1 Å². The van der Waals surface area contributed by atoms with Gasteiger partial charge in [-0.05, 0) is 64.9 Å². The minimum absolute atomic E-state index is 0.00159. The average Bonchev–Trinajstić information content (AvgIpc) is 3.68. The zero-order valence-electron chi connectivity index (χ0n) is 31.3. The standard InChI is InChI=1S/C44H52N4O7/c45-38-11-1-2-12-39(38)47-42(51)14-4-3-13-41(50)46-28-32-7-5-8-34(25-32)35-9-6-10-36(26-35)43-54-37(27-40(55-43)33-17-15-31(30-49)16-18-33)29-48-21-19-44(20-22-48)52-23-24-53-44/h1-2,5-12,15-18,25-26,37,40,43,49H,3-4,13-14,19-24,27-30,45H2,(H,46,50)(H,47,51). The molecule has 0 bridgehead atoms. The number of hydrogen-bond acceptors (Lipinski definition) is 9. The van der Waals surface area contributed by atoms with Crippen LogP contribution in [0.5, 0.6) is 0 Å². The summed E-state index contributed by atoms with van der Waals surface area (Å²) in [6.07, 6.45) is 3.51. The van der Waals surface area contributed by atoms with Gasteiger partial charge in [0.2, 0.25) is 11.8 Å². The maximum absolute atomic E-state index is 12.7. The first-order valence-electron chi connectivity index (χ1n) is 19.5. The minimum Gasteiger partial charge on any atom is -0.397 e.